The van der Waals surface area contributed by atoms with Gasteiger partial charge in [0.2, 0.25) is 5.91 Å². The summed E-state index contributed by atoms with van der Waals surface area (Å²) in [5, 5.41) is 5.29. The number of nitrogens with zero attached hydrogens (tertiary/aromatic N) is 7. The minimum absolute atomic E-state index is 0.0515. The van der Waals surface area contributed by atoms with Gasteiger partial charge in [0.15, 0.2) is 5.65 Å². The smallest absolute Gasteiger partial charge is 0.239 e. The molecule has 1 amide bonds. The van der Waals surface area contributed by atoms with E-state index in [4.69, 9.17) is 0 Å². The Morgan fingerprint density at radius 2 is 1.81 bits per heavy atom. The molecular weight excluding hydrogens is 342 g/mol. The molecule has 27 heavy (non-hydrogen) atoms. The second kappa shape index (κ2) is 7.42. The van der Waals surface area contributed by atoms with E-state index in [9.17, 15) is 4.79 Å². The van der Waals surface area contributed by atoms with Crippen molar-refractivity contribution in [1.82, 2.24) is 29.5 Å². The molecule has 4 heterocycles. The zero-order valence-corrected chi connectivity index (χ0v) is 16.5. The van der Waals surface area contributed by atoms with Crippen molar-refractivity contribution in [3.8, 4) is 0 Å². The maximum atomic E-state index is 12.9. The molecule has 8 heteroatoms. The van der Waals surface area contributed by atoms with Crippen molar-refractivity contribution >= 4 is 22.8 Å². The Bertz CT molecular complexity index is 803. The molecule has 1 unspecified atom stereocenters. The van der Waals surface area contributed by atoms with E-state index >= 15 is 0 Å². The third-order valence-electron chi connectivity index (χ3n) is 6.12. The number of likely N-dealkylation sites (tertiary alicyclic amines) is 1. The van der Waals surface area contributed by atoms with Crippen LogP contribution >= 0.6 is 0 Å². The summed E-state index contributed by atoms with van der Waals surface area (Å²) in [6.07, 6.45) is 5.69. The molecule has 0 aromatic carbocycles. The van der Waals surface area contributed by atoms with Crippen LogP contribution < -0.4 is 4.90 Å². The molecule has 146 valence electrons. The fourth-order valence-electron chi connectivity index (χ4n) is 4.17. The van der Waals surface area contributed by atoms with Crippen LogP contribution in [0.5, 0.6) is 0 Å². The van der Waals surface area contributed by atoms with Gasteiger partial charge >= 0.3 is 0 Å². The van der Waals surface area contributed by atoms with Crippen LogP contribution in [0.4, 0.5) is 5.82 Å². The quantitative estimate of drug-likeness (QED) is 0.806. The van der Waals surface area contributed by atoms with Crippen molar-refractivity contribution in [2.75, 3.05) is 44.2 Å². The second-order valence-electron chi connectivity index (χ2n) is 7.91. The third-order valence-corrected chi connectivity index (χ3v) is 6.12. The third kappa shape index (κ3) is 3.50. The number of hydrogen-bond acceptors (Lipinski definition) is 6. The van der Waals surface area contributed by atoms with E-state index in [1.807, 2.05) is 13.2 Å². The van der Waals surface area contributed by atoms with Gasteiger partial charge in [0.05, 0.1) is 17.6 Å². The van der Waals surface area contributed by atoms with Gasteiger partial charge in [-0.15, -0.1) is 0 Å². The number of piperazine rings is 1. The number of fused-ring (bicyclic) bond motifs is 1. The normalized spacial score (nSPS) is 21.0. The van der Waals surface area contributed by atoms with Crippen LogP contribution in [-0.2, 0) is 11.8 Å². The first kappa shape index (κ1) is 18.2. The zero-order valence-electron chi connectivity index (χ0n) is 16.5. The number of rotatable bonds is 3. The molecular formula is C19H29N7O. The molecule has 8 nitrogen and oxygen atoms in total. The van der Waals surface area contributed by atoms with Crippen molar-refractivity contribution in [3.05, 3.63) is 12.5 Å². The summed E-state index contributed by atoms with van der Waals surface area (Å²) in [6, 6.07) is -0.0515. The predicted molar refractivity (Wildman–Crippen MR) is 105 cm³/mol. The number of carbonyl (C=O) groups excluding carboxylic acids is 1. The van der Waals surface area contributed by atoms with Crippen molar-refractivity contribution in [2.24, 2.45) is 13.0 Å². The second-order valence-corrected chi connectivity index (χ2v) is 7.91. The molecule has 2 fully saturated rings. The van der Waals surface area contributed by atoms with Crippen LogP contribution in [0.25, 0.3) is 11.0 Å². The lowest BCUT2D eigenvalue weighted by molar-refractivity contribution is -0.137. The maximum absolute atomic E-state index is 12.9. The molecule has 0 bridgehead atoms. The summed E-state index contributed by atoms with van der Waals surface area (Å²) in [6.45, 7) is 9.59. The molecule has 0 aliphatic carbocycles. The molecule has 0 spiro atoms. The fraction of sp³-hybridized carbons (Fsp3) is 0.684. The molecule has 0 saturated carbocycles. The summed E-state index contributed by atoms with van der Waals surface area (Å²) < 4.78 is 1.77. The Kier molecular flexibility index (Phi) is 4.99. The van der Waals surface area contributed by atoms with E-state index in [1.165, 1.54) is 0 Å². The number of amides is 1. The molecule has 2 aromatic rings. The van der Waals surface area contributed by atoms with Gasteiger partial charge in [0.1, 0.15) is 12.1 Å². The van der Waals surface area contributed by atoms with Gasteiger partial charge in [-0.3, -0.25) is 14.4 Å². The fourth-order valence-corrected chi connectivity index (χ4v) is 4.17. The minimum atomic E-state index is -0.0515. The molecule has 4 rings (SSSR count). The van der Waals surface area contributed by atoms with Gasteiger partial charge in [-0.25, -0.2) is 9.97 Å². The van der Waals surface area contributed by atoms with Gasteiger partial charge in [0, 0.05) is 46.3 Å². The monoisotopic (exact) mass is 371 g/mol. The highest BCUT2D eigenvalue weighted by molar-refractivity contribution is 5.86. The highest BCUT2D eigenvalue weighted by Crippen LogP contribution is 2.24. The highest BCUT2D eigenvalue weighted by Gasteiger charge is 2.31. The van der Waals surface area contributed by atoms with Crippen LogP contribution in [-0.4, -0.2) is 80.8 Å². The van der Waals surface area contributed by atoms with Crippen molar-refractivity contribution in [1.29, 1.82) is 0 Å². The molecule has 2 aliphatic rings. The van der Waals surface area contributed by atoms with Crippen LogP contribution in [0.1, 0.15) is 26.7 Å². The van der Waals surface area contributed by atoms with Crippen LogP contribution in [0, 0.1) is 5.92 Å². The van der Waals surface area contributed by atoms with Crippen LogP contribution in [0.15, 0.2) is 12.5 Å². The average Bonchev–Trinajstić information content (AvgIpc) is 3.09. The molecule has 2 saturated heterocycles. The molecule has 1 atom stereocenters. The Morgan fingerprint density at radius 1 is 1.11 bits per heavy atom. The Labute approximate surface area is 160 Å². The topological polar surface area (TPSA) is 70.4 Å². The summed E-state index contributed by atoms with van der Waals surface area (Å²) in [5.74, 6) is 1.97. The Morgan fingerprint density at radius 3 is 2.52 bits per heavy atom. The van der Waals surface area contributed by atoms with Gasteiger partial charge in [-0.05, 0) is 25.7 Å². The number of piperidine rings is 1. The maximum Gasteiger partial charge on any atom is 0.239 e. The standard InChI is InChI=1S/C19H29N7O/c1-14-4-6-26(7-5-14)19(27)15(2)24-8-10-25(11-9-24)18-16-12-22-23(3)17(16)20-13-21-18/h12-15H,4-11H2,1-3H3. The van der Waals surface area contributed by atoms with Crippen LogP contribution in [0.2, 0.25) is 0 Å². The lowest BCUT2D eigenvalue weighted by Crippen LogP contribution is -2.55. The van der Waals surface area contributed by atoms with Gasteiger partial charge in [0.25, 0.3) is 0 Å². The highest BCUT2D eigenvalue weighted by atomic mass is 16.2. The van der Waals surface area contributed by atoms with Crippen LogP contribution in [0.3, 0.4) is 0 Å². The van der Waals surface area contributed by atoms with E-state index in [-0.39, 0.29) is 11.9 Å². The summed E-state index contributed by atoms with van der Waals surface area (Å²) >= 11 is 0. The number of aryl methyl sites for hydroxylation is 1. The Balaban J connectivity index is 1.39. The number of anilines is 1. The molecule has 0 N–H and O–H groups in total. The van der Waals surface area contributed by atoms with Gasteiger partial charge < -0.3 is 9.80 Å². The Hall–Kier alpha value is -2.22. The first-order valence-electron chi connectivity index (χ1n) is 9.95. The molecule has 0 radical (unpaired) electrons. The van der Waals surface area contributed by atoms with E-state index in [2.05, 4.69) is 43.6 Å². The summed E-state index contributed by atoms with van der Waals surface area (Å²) in [5.41, 5.74) is 0.852. The summed E-state index contributed by atoms with van der Waals surface area (Å²) in [7, 11) is 1.89. The predicted octanol–water partition coefficient (Wildman–Crippen LogP) is 1.13. The summed E-state index contributed by atoms with van der Waals surface area (Å²) in [4.78, 5) is 28.3. The largest absolute Gasteiger partial charge is 0.353 e. The van der Waals surface area contributed by atoms with E-state index in [0.29, 0.717) is 0 Å². The van der Waals surface area contributed by atoms with E-state index in [0.717, 1.165) is 74.9 Å². The average molecular weight is 371 g/mol. The first-order valence-corrected chi connectivity index (χ1v) is 9.95. The number of aromatic nitrogens is 4. The number of carbonyl (C=O) groups is 1. The lowest BCUT2D eigenvalue weighted by Gasteiger charge is -2.40. The van der Waals surface area contributed by atoms with Gasteiger partial charge in [-0.2, -0.15) is 5.10 Å². The van der Waals surface area contributed by atoms with Crippen molar-refractivity contribution < 1.29 is 4.79 Å². The first-order chi connectivity index (χ1) is 13.0. The zero-order chi connectivity index (χ0) is 19.0. The minimum Gasteiger partial charge on any atom is -0.353 e. The number of hydrogen-bond donors (Lipinski definition) is 0. The lowest BCUT2D eigenvalue weighted by atomic mass is 9.98. The van der Waals surface area contributed by atoms with Crippen molar-refractivity contribution in [2.45, 2.75) is 32.7 Å². The van der Waals surface area contributed by atoms with E-state index in [1.54, 1.807) is 11.0 Å². The van der Waals surface area contributed by atoms with Crippen molar-refractivity contribution in [3.63, 3.8) is 0 Å². The van der Waals surface area contributed by atoms with E-state index < -0.39 is 0 Å². The SMILES string of the molecule is CC1CCN(C(=O)C(C)N2CCN(c3ncnc4c3cnn4C)CC2)CC1. The van der Waals surface area contributed by atoms with Gasteiger partial charge in [-0.1, -0.05) is 6.92 Å². The molecule has 2 aromatic heterocycles. The molecule has 2 aliphatic heterocycles.